The third-order valence-electron chi connectivity index (χ3n) is 3.92. The van der Waals surface area contributed by atoms with Crippen LogP contribution in [-0.4, -0.2) is 15.0 Å². The van der Waals surface area contributed by atoms with Crippen LogP contribution in [0.25, 0.3) is 33.7 Å². The number of aryl methyl sites for hydroxylation is 1. The number of pyridine rings is 1. The van der Waals surface area contributed by atoms with Gasteiger partial charge in [0.2, 0.25) is 0 Å². The zero-order chi connectivity index (χ0) is 16.5. The summed E-state index contributed by atoms with van der Waals surface area (Å²) in [4.78, 5) is 13.6. The maximum Gasteiger partial charge on any atom is 0.178 e. The molecular weight excluding hydrogens is 301 g/mol. The maximum absolute atomic E-state index is 13.5. The average Bonchev–Trinajstić information content (AvgIpc) is 2.64. The smallest absolute Gasteiger partial charge is 0.178 e. The highest BCUT2D eigenvalue weighted by molar-refractivity contribution is 5.79. The zero-order valence-electron chi connectivity index (χ0n) is 13.1. The van der Waals surface area contributed by atoms with Crippen molar-refractivity contribution >= 4 is 10.9 Å². The molecule has 2 heterocycles. The van der Waals surface area contributed by atoms with Gasteiger partial charge in [-0.05, 0) is 48.9 Å². The van der Waals surface area contributed by atoms with Crippen LogP contribution in [0.5, 0.6) is 0 Å². The molecule has 4 rings (SSSR count). The van der Waals surface area contributed by atoms with Gasteiger partial charge in [-0.1, -0.05) is 24.3 Å². The predicted octanol–water partition coefficient (Wildman–Crippen LogP) is 4.81. The first-order chi connectivity index (χ1) is 11.7. The third-order valence-corrected chi connectivity index (χ3v) is 3.92. The molecule has 0 aliphatic heterocycles. The molecule has 2 aromatic heterocycles. The van der Waals surface area contributed by atoms with Gasteiger partial charge in [-0.3, -0.25) is 0 Å². The quantitative estimate of drug-likeness (QED) is 0.533. The lowest BCUT2D eigenvalue weighted by atomic mass is 10.1. The Morgan fingerprint density at radius 2 is 1.67 bits per heavy atom. The minimum absolute atomic E-state index is 0.215. The van der Waals surface area contributed by atoms with Crippen molar-refractivity contribution in [3.05, 3.63) is 78.2 Å². The molecule has 2 aromatic carbocycles. The molecule has 0 saturated heterocycles. The van der Waals surface area contributed by atoms with Gasteiger partial charge >= 0.3 is 0 Å². The van der Waals surface area contributed by atoms with Crippen LogP contribution in [0, 0.1) is 12.7 Å². The summed E-state index contributed by atoms with van der Waals surface area (Å²) in [6.07, 6.45) is 1.80. The number of hydrogen-bond donors (Lipinski definition) is 0. The van der Waals surface area contributed by atoms with E-state index in [1.807, 2.05) is 42.5 Å². The van der Waals surface area contributed by atoms with Crippen LogP contribution < -0.4 is 0 Å². The zero-order valence-corrected chi connectivity index (χ0v) is 13.1. The van der Waals surface area contributed by atoms with E-state index in [-0.39, 0.29) is 5.82 Å². The first kappa shape index (κ1) is 14.5. The van der Waals surface area contributed by atoms with Gasteiger partial charge in [0.05, 0.1) is 11.2 Å². The monoisotopic (exact) mass is 315 g/mol. The maximum atomic E-state index is 13.5. The van der Waals surface area contributed by atoms with Crippen molar-refractivity contribution in [2.24, 2.45) is 0 Å². The van der Waals surface area contributed by atoms with Gasteiger partial charge in [-0.25, -0.2) is 19.3 Å². The number of benzene rings is 2. The van der Waals surface area contributed by atoms with Crippen LogP contribution in [0.2, 0.25) is 0 Å². The molecule has 3 nitrogen and oxygen atoms in total. The normalized spacial score (nSPS) is 10.9. The highest BCUT2D eigenvalue weighted by atomic mass is 19.1. The van der Waals surface area contributed by atoms with Crippen LogP contribution in [-0.2, 0) is 0 Å². The number of hydrogen-bond acceptors (Lipinski definition) is 3. The second kappa shape index (κ2) is 5.81. The molecule has 4 aromatic rings. The van der Waals surface area contributed by atoms with E-state index in [2.05, 4.69) is 15.0 Å². The number of aromatic nitrogens is 3. The molecular formula is C20H14FN3. The van der Waals surface area contributed by atoms with E-state index < -0.39 is 0 Å². The van der Waals surface area contributed by atoms with Gasteiger partial charge in [0, 0.05) is 17.1 Å². The Bertz CT molecular complexity index is 1040. The van der Waals surface area contributed by atoms with E-state index in [4.69, 9.17) is 0 Å². The van der Waals surface area contributed by atoms with Crippen LogP contribution in [0.4, 0.5) is 4.39 Å². The average molecular weight is 315 g/mol. The molecule has 0 saturated carbocycles. The van der Waals surface area contributed by atoms with E-state index >= 15 is 0 Å². The summed E-state index contributed by atoms with van der Waals surface area (Å²) in [6.45, 7) is 1.75. The van der Waals surface area contributed by atoms with Crippen LogP contribution >= 0.6 is 0 Å². The molecule has 24 heavy (non-hydrogen) atoms. The third kappa shape index (κ3) is 2.63. The number of fused-ring (bicyclic) bond motifs is 1. The Morgan fingerprint density at radius 3 is 2.54 bits per heavy atom. The first-order valence-electron chi connectivity index (χ1n) is 7.66. The number of rotatable bonds is 2. The molecule has 0 aliphatic rings. The van der Waals surface area contributed by atoms with Crippen molar-refractivity contribution in [2.75, 3.05) is 0 Å². The second-order valence-electron chi connectivity index (χ2n) is 5.62. The topological polar surface area (TPSA) is 38.7 Å². The van der Waals surface area contributed by atoms with E-state index in [0.29, 0.717) is 17.1 Å². The highest BCUT2D eigenvalue weighted by Crippen LogP contribution is 2.23. The van der Waals surface area contributed by atoms with Crippen molar-refractivity contribution in [1.82, 2.24) is 15.0 Å². The Morgan fingerprint density at radius 1 is 0.833 bits per heavy atom. The standard InChI is InChI=1S/C20H14FN3/c1-13-11-14(9-10-16(13)21)17-7-4-8-19(23-17)20-22-12-15-5-2-3-6-18(15)24-20/h2-12H,1H3. The largest absolute Gasteiger partial charge is 0.244 e. The van der Waals surface area contributed by atoms with Crippen LogP contribution in [0.15, 0.2) is 66.9 Å². The van der Waals surface area contributed by atoms with Gasteiger partial charge in [0.15, 0.2) is 5.82 Å². The molecule has 0 N–H and O–H groups in total. The molecule has 0 unspecified atom stereocenters. The molecule has 0 spiro atoms. The lowest BCUT2D eigenvalue weighted by molar-refractivity contribution is 0.619. The summed E-state index contributed by atoms with van der Waals surface area (Å²) in [6, 6.07) is 18.5. The van der Waals surface area contributed by atoms with Crippen molar-refractivity contribution in [3.8, 4) is 22.8 Å². The molecule has 0 amide bonds. The lowest BCUT2D eigenvalue weighted by Gasteiger charge is -2.06. The highest BCUT2D eigenvalue weighted by Gasteiger charge is 2.08. The molecule has 0 atom stereocenters. The molecule has 0 aliphatic carbocycles. The number of nitrogens with zero attached hydrogens (tertiary/aromatic N) is 3. The van der Waals surface area contributed by atoms with Crippen LogP contribution in [0.1, 0.15) is 5.56 Å². The fourth-order valence-electron chi connectivity index (χ4n) is 2.62. The predicted molar refractivity (Wildman–Crippen MR) is 92.9 cm³/mol. The summed E-state index contributed by atoms with van der Waals surface area (Å²) in [5.41, 5.74) is 3.82. The Labute approximate surface area is 138 Å². The molecule has 0 radical (unpaired) electrons. The lowest BCUT2D eigenvalue weighted by Crippen LogP contribution is -1.94. The summed E-state index contributed by atoms with van der Waals surface area (Å²) in [5, 5.41) is 0.992. The van der Waals surface area contributed by atoms with Gasteiger partial charge < -0.3 is 0 Å². The number of para-hydroxylation sites is 1. The fraction of sp³-hybridized carbons (Fsp3) is 0.0500. The van der Waals surface area contributed by atoms with E-state index in [1.165, 1.54) is 6.07 Å². The van der Waals surface area contributed by atoms with Gasteiger partial charge in [0.25, 0.3) is 0 Å². The molecule has 4 heteroatoms. The molecule has 116 valence electrons. The minimum atomic E-state index is -0.215. The van der Waals surface area contributed by atoms with E-state index in [1.54, 1.807) is 25.3 Å². The summed E-state index contributed by atoms with van der Waals surface area (Å²) >= 11 is 0. The summed E-state index contributed by atoms with van der Waals surface area (Å²) in [7, 11) is 0. The molecule has 0 fully saturated rings. The van der Waals surface area contributed by atoms with E-state index in [0.717, 1.165) is 22.2 Å². The van der Waals surface area contributed by atoms with Crippen molar-refractivity contribution in [2.45, 2.75) is 6.92 Å². The van der Waals surface area contributed by atoms with Crippen molar-refractivity contribution in [1.29, 1.82) is 0 Å². The van der Waals surface area contributed by atoms with Gasteiger partial charge in [-0.2, -0.15) is 0 Å². The van der Waals surface area contributed by atoms with E-state index in [9.17, 15) is 4.39 Å². The minimum Gasteiger partial charge on any atom is -0.244 e. The van der Waals surface area contributed by atoms with Gasteiger partial charge in [-0.15, -0.1) is 0 Å². The summed E-state index contributed by atoms with van der Waals surface area (Å²) < 4.78 is 13.5. The van der Waals surface area contributed by atoms with Crippen molar-refractivity contribution in [3.63, 3.8) is 0 Å². The number of halogens is 1. The SMILES string of the molecule is Cc1cc(-c2cccc(-c3ncc4ccccc4n3)n2)ccc1F. The fourth-order valence-corrected chi connectivity index (χ4v) is 2.62. The Hall–Kier alpha value is -3.14. The Kier molecular flexibility index (Phi) is 3.50. The van der Waals surface area contributed by atoms with Crippen LogP contribution in [0.3, 0.4) is 0 Å². The second-order valence-corrected chi connectivity index (χ2v) is 5.62. The first-order valence-corrected chi connectivity index (χ1v) is 7.66. The Balaban J connectivity index is 1.79. The summed E-state index contributed by atoms with van der Waals surface area (Å²) in [5.74, 6) is 0.363. The molecule has 0 bridgehead atoms. The van der Waals surface area contributed by atoms with Crippen molar-refractivity contribution < 1.29 is 4.39 Å². The van der Waals surface area contributed by atoms with Gasteiger partial charge in [0.1, 0.15) is 11.5 Å².